The molecule has 102 valence electrons. The Labute approximate surface area is 108 Å². The Balaban J connectivity index is 2.39. The summed E-state index contributed by atoms with van der Waals surface area (Å²) < 4.78 is 0. The molecule has 0 aromatic rings. The number of nitrogens with zero attached hydrogens (tertiary/aromatic N) is 1. The van der Waals surface area contributed by atoms with Gasteiger partial charge < -0.3 is 10.6 Å². The SMILES string of the molecule is CCC(CC)CN(CC)CC1CCCCC1N. The van der Waals surface area contributed by atoms with Crippen LogP contribution in [0.5, 0.6) is 0 Å². The third-order valence-corrected chi connectivity index (χ3v) is 4.58. The molecule has 17 heavy (non-hydrogen) atoms. The molecule has 0 saturated heterocycles. The summed E-state index contributed by atoms with van der Waals surface area (Å²) in [5, 5.41) is 0. The molecule has 2 N–H and O–H groups in total. The topological polar surface area (TPSA) is 29.3 Å². The first kappa shape index (κ1) is 15.0. The number of hydrogen-bond donors (Lipinski definition) is 1. The molecule has 1 fully saturated rings. The van der Waals surface area contributed by atoms with Crippen molar-refractivity contribution in [2.24, 2.45) is 17.6 Å². The average Bonchev–Trinajstić information content (AvgIpc) is 2.36. The van der Waals surface area contributed by atoms with Crippen molar-refractivity contribution in [1.82, 2.24) is 4.90 Å². The monoisotopic (exact) mass is 240 g/mol. The Morgan fingerprint density at radius 3 is 2.29 bits per heavy atom. The van der Waals surface area contributed by atoms with Gasteiger partial charge in [0.05, 0.1) is 0 Å². The van der Waals surface area contributed by atoms with Crippen LogP contribution in [0.3, 0.4) is 0 Å². The van der Waals surface area contributed by atoms with E-state index in [1.165, 1.54) is 58.2 Å². The van der Waals surface area contributed by atoms with Crippen LogP contribution in [-0.2, 0) is 0 Å². The van der Waals surface area contributed by atoms with Crippen LogP contribution < -0.4 is 5.73 Å². The Morgan fingerprint density at radius 2 is 1.76 bits per heavy atom. The zero-order valence-electron chi connectivity index (χ0n) is 12.1. The summed E-state index contributed by atoms with van der Waals surface area (Å²) in [6.07, 6.45) is 7.94. The van der Waals surface area contributed by atoms with Crippen molar-refractivity contribution >= 4 is 0 Å². The maximum atomic E-state index is 6.25. The van der Waals surface area contributed by atoms with Crippen LogP contribution in [0, 0.1) is 11.8 Å². The lowest BCUT2D eigenvalue weighted by molar-refractivity contribution is 0.166. The van der Waals surface area contributed by atoms with E-state index in [2.05, 4.69) is 25.7 Å². The number of hydrogen-bond acceptors (Lipinski definition) is 2. The summed E-state index contributed by atoms with van der Waals surface area (Å²) in [6, 6.07) is 0.458. The second-order valence-corrected chi connectivity index (χ2v) is 5.74. The smallest absolute Gasteiger partial charge is 0.00793 e. The molecule has 0 bridgehead atoms. The quantitative estimate of drug-likeness (QED) is 0.740. The van der Waals surface area contributed by atoms with E-state index >= 15 is 0 Å². The van der Waals surface area contributed by atoms with E-state index in [0.717, 1.165) is 11.8 Å². The lowest BCUT2D eigenvalue weighted by Crippen LogP contribution is -2.42. The second-order valence-electron chi connectivity index (χ2n) is 5.74. The highest BCUT2D eigenvalue weighted by atomic mass is 15.1. The minimum absolute atomic E-state index is 0.458. The van der Waals surface area contributed by atoms with Crippen molar-refractivity contribution in [1.29, 1.82) is 0 Å². The Hall–Kier alpha value is -0.0800. The molecule has 1 aliphatic rings. The fraction of sp³-hybridized carbons (Fsp3) is 1.00. The third-order valence-electron chi connectivity index (χ3n) is 4.58. The van der Waals surface area contributed by atoms with Crippen molar-refractivity contribution < 1.29 is 0 Å². The van der Waals surface area contributed by atoms with Crippen molar-refractivity contribution in [2.45, 2.75) is 65.3 Å². The van der Waals surface area contributed by atoms with Gasteiger partial charge in [-0.2, -0.15) is 0 Å². The van der Waals surface area contributed by atoms with Crippen molar-refractivity contribution in [2.75, 3.05) is 19.6 Å². The van der Waals surface area contributed by atoms with Crippen molar-refractivity contribution in [3.63, 3.8) is 0 Å². The molecule has 1 rings (SSSR count). The van der Waals surface area contributed by atoms with Crippen molar-refractivity contribution in [3.05, 3.63) is 0 Å². The highest BCUT2D eigenvalue weighted by Gasteiger charge is 2.24. The van der Waals surface area contributed by atoms with Gasteiger partial charge in [-0.05, 0) is 31.2 Å². The molecule has 2 nitrogen and oxygen atoms in total. The highest BCUT2D eigenvalue weighted by Crippen LogP contribution is 2.24. The summed E-state index contributed by atoms with van der Waals surface area (Å²) in [4.78, 5) is 2.63. The molecule has 0 aromatic carbocycles. The van der Waals surface area contributed by atoms with Crippen LogP contribution in [-0.4, -0.2) is 30.6 Å². The van der Waals surface area contributed by atoms with Gasteiger partial charge in [0.25, 0.3) is 0 Å². The molecule has 0 aliphatic heterocycles. The largest absolute Gasteiger partial charge is 0.327 e. The highest BCUT2D eigenvalue weighted by molar-refractivity contribution is 4.80. The van der Waals surface area contributed by atoms with Gasteiger partial charge in [-0.3, -0.25) is 0 Å². The second kappa shape index (κ2) is 8.10. The summed E-state index contributed by atoms with van der Waals surface area (Å²) in [5.74, 6) is 1.62. The van der Waals surface area contributed by atoms with Gasteiger partial charge in [0.2, 0.25) is 0 Å². The lowest BCUT2D eigenvalue weighted by Gasteiger charge is -2.34. The van der Waals surface area contributed by atoms with Crippen LogP contribution in [0.4, 0.5) is 0 Å². The zero-order valence-corrected chi connectivity index (χ0v) is 12.1. The van der Waals surface area contributed by atoms with Gasteiger partial charge in [-0.15, -0.1) is 0 Å². The maximum Gasteiger partial charge on any atom is 0.00793 e. The van der Waals surface area contributed by atoms with Crippen LogP contribution in [0.1, 0.15) is 59.3 Å². The first-order chi connectivity index (χ1) is 8.21. The standard InChI is InChI=1S/C15H32N2/c1-4-13(5-2)11-17(6-3)12-14-9-7-8-10-15(14)16/h13-15H,4-12,16H2,1-3H3. The molecule has 0 spiro atoms. The summed E-state index contributed by atoms with van der Waals surface area (Å²) in [7, 11) is 0. The van der Waals surface area contributed by atoms with E-state index in [1.54, 1.807) is 0 Å². The fourth-order valence-corrected chi connectivity index (χ4v) is 3.04. The molecule has 2 unspecified atom stereocenters. The van der Waals surface area contributed by atoms with Crippen LogP contribution >= 0.6 is 0 Å². The Bertz CT molecular complexity index is 189. The van der Waals surface area contributed by atoms with Crippen LogP contribution in [0.15, 0.2) is 0 Å². The molecule has 1 aliphatic carbocycles. The van der Waals surface area contributed by atoms with Gasteiger partial charge >= 0.3 is 0 Å². The minimum Gasteiger partial charge on any atom is -0.327 e. The summed E-state index contributed by atoms with van der Waals surface area (Å²) >= 11 is 0. The predicted octanol–water partition coefficient (Wildman–Crippen LogP) is 3.26. The van der Waals surface area contributed by atoms with Gasteiger partial charge in [0, 0.05) is 19.1 Å². The fourth-order valence-electron chi connectivity index (χ4n) is 3.04. The van der Waals surface area contributed by atoms with Gasteiger partial charge in [0.15, 0.2) is 0 Å². The molecule has 0 amide bonds. The van der Waals surface area contributed by atoms with Crippen LogP contribution in [0.2, 0.25) is 0 Å². The lowest BCUT2D eigenvalue weighted by atomic mass is 9.84. The first-order valence-corrected chi connectivity index (χ1v) is 7.69. The van der Waals surface area contributed by atoms with E-state index in [1.807, 2.05) is 0 Å². The molecule has 0 aromatic heterocycles. The van der Waals surface area contributed by atoms with Gasteiger partial charge in [0.1, 0.15) is 0 Å². The molecule has 2 heteroatoms. The minimum atomic E-state index is 0.458. The molecule has 2 atom stereocenters. The van der Waals surface area contributed by atoms with Crippen molar-refractivity contribution in [3.8, 4) is 0 Å². The number of rotatable bonds is 7. The summed E-state index contributed by atoms with van der Waals surface area (Å²) in [5.41, 5.74) is 6.25. The first-order valence-electron chi connectivity index (χ1n) is 7.69. The van der Waals surface area contributed by atoms with E-state index in [4.69, 9.17) is 5.73 Å². The molecular formula is C15H32N2. The molecule has 0 heterocycles. The molecule has 1 saturated carbocycles. The Morgan fingerprint density at radius 1 is 1.12 bits per heavy atom. The number of nitrogens with two attached hydrogens (primary N) is 1. The third kappa shape index (κ3) is 4.97. The van der Waals surface area contributed by atoms with Crippen LogP contribution in [0.25, 0.3) is 0 Å². The van der Waals surface area contributed by atoms with E-state index < -0.39 is 0 Å². The normalized spacial score (nSPS) is 25.8. The molecular weight excluding hydrogens is 208 g/mol. The average molecular weight is 240 g/mol. The van der Waals surface area contributed by atoms with Gasteiger partial charge in [-0.25, -0.2) is 0 Å². The van der Waals surface area contributed by atoms with E-state index in [-0.39, 0.29) is 0 Å². The summed E-state index contributed by atoms with van der Waals surface area (Å²) in [6.45, 7) is 10.6. The van der Waals surface area contributed by atoms with Gasteiger partial charge in [-0.1, -0.05) is 46.5 Å². The predicted molar refractivity (Wildman–Crippen MR) is 76.1 cm³/mol. The molecule has 0 radical (unpaired) electrons. The zero-order chi connectivity index (χ0) is 12.7. The van der Waals surface area contributed by atoms with E-state index in [0.29, 0.717) is 6.04 Å². The van der Waals surface area contributed by atoms with E-state index in [9.17, 15) is 0 Å². The Kier molecular flexibility index (Phi) is 7.14. The maximum absolute atomic E-state index is 6.25.